The van der Waals surface area contributed by atoms with E-state index in [4.69, 9.17) is 9.47 Å². The summed E-state index contributed by atoms with van der Waals surface area (Å²) >= 11 is 0. The van der Waals surface area contributed by atoms with E-state index >= 15 is 0 Å². The highest BCUT2D eigenvalue weighted by molar-refractivity contribution is 5.60. The molecule has 0 aliphatic carbocycles. The summed E-state index contributed by atoms with van der Waals surface area (Å²) in [6, 6.07) is 5.92. The molecule has 1 fully saturated rings. The van der Waals surface area contributed by atoms with Gasteiger partial charge in [-0.1, -0.05) is 13.0 Å². The molecule has 0 spiro atoms. The second kappa shape index (κ2) is 6.46. The van der Waals surface area contributed by atoms with Gasteiger partial charge >= 0.3 is 0 Å². The van der Waals surface area contributed by atoms with Gasteiger partial charge in [0.2, 0.25) is 0 Å². The predicted octanol–water partition coefficient (Wildman–Crippen LogP) is 2.61. The summed E-state index contributed by atoms with van der Waals surface area (Å²) in [5.41, 5.74) is 1.91. The third kappa shape index (κ3) is 2.91. The summed E-state index contributed by atoms with van der Waals surface area (Å²) in [4.78, 5) is 2.29. The Hall–Kier alpha value is -1.26. The van der Waals surface area contributed by atoms with E-state index in [-0.39, 0.29) is 6.10 Å². The molecular formula is C16H25NO3. The molecule has 1 aliphatic rings. The van der Waals surface area contributed by atoms with Crippen molar-refractivity contribution in [3.05, 3.63) is 23.8 Å². The number of anilines is 1. The number of methoxy groups -OCH3 is 2. The van der Waals surface area contributed by atoms with Crippen LogP contribution in [0.15, 0.2) is 18.2 Å². The summed E-state index contributed by atoms with van der Waals surface area (Å²) in [6.45, 7) is 5.84. The van der Waals surface area contributed by atoms with E-state index in [9.17, 15) is 5.11 Å². The van der Waals surface area contributed by atoms with Crippen LogP contribution in [0.2, 0.25) is 0 Å². The van der Waals surface area contributed by atoms with Crippen molar-refractivity contribution in [2.75, 3.05) is 32.2 Å². The lowest BCUT2D eigenvalue weighted by Crippen LogP contribution is -2.44. The number of aliphatic hydroxyl groups excluding tert-OH is 1. The lowest BCUT2D eigenvalue weighted by molar-refractivity contribution is 0.0496. The maximum Gasteiger partial charge on any atom is 0.126 e. The summed E-state index contributed by atoms with van der Waals surface area (Å²) in [5, 5.41) is 10.1. The van der Waals surface area contributed by atoms with E-state index in [0.29, 0.717) is 5.92 Å². The van der Waals surface area contributed by atoms with Crippen LogP contribution < -0.4 is 9.64 Å². The van der Waals surface area contributed by atoms with Crippen LogP contribution >= 0.6 is 0 Å². The molecule has 2 unspecified atom stereocenters. The number of benzene rings is 1. The fourth-order valence-electron chi connectivity index (χ4n) is 2.97. The van der Waals surface area contributed by atoms with Crippen molar-refractivity contribution in [1.82, 2.24) is 0 Å². The molecule has 3 atom stereocenters. The predicted molar refractivity (Wildman–Crippen MR) is 80.4 cm³/mol. The van der Waals surface area contributed by atoms with E-state index in [2.05, 4.69) is 11.8 Å². The maximum absolute atomic E-state index is 10.1. The Kier molecular flexibility index (Phi) is 4.89. The van der Waals surface area contributed by atoms with Crippen LogP contribution in [0.5, 0.6) is 5.75 Å². The van der Waals surface area contributed by atoms with Crippen molar-refractivity contribution in [3.63, 3.8) is 0 Å². The minimum absolute atomic E-state index is 0.233. The average Bonchev–Trinajstić information content (AvgIpc) is 2.46. The third-order valence-electron chi connectivity index (χ3n) is 4.21. The van der Waals surface area contributed by atoms with Crippen molar-refractivity contribution in [2.45, 2.75) is 32.5 Å². The van der Waals surface area contributed by atoms with Crippen molar-refractivity contribution in [2.24, 2.45) is 5.92 Å². The molecule has 112 valence electrons. The topological polar surface area (TPSA) is 41.9 Å². The van der Waals surface area contributed by atoms with Gasteiger partial charge in [-0.15, -0.1) is 0 Å². The number of hydrogen-bond donors (Lipinski definition) is 1. The second-order valence-electron chi connectivity index (χ2n) is 5.56. The number of piperidine rings is 1. The first-order chi connectivity index (χ1) is 9.58. The van der Waals surface area contributed by atoms with Crippen molar-refractivity contribution in [1.29, 1.82) is 0 Å². The fraction of sp³-hybridized carbons (Fsp3) is 0.625. The van der Waals surface area contributed by atoms with Crippen LogP contribution in [0.1, 0.15) is 31.9 Å². The molecule has 0 radical (unpaired) electrons. The lowest BCUT2D eigenvalue weighted by atomic mass is 9.94. The lowest BCUT2D eigenvalue weighted by Gasteiger charge is -2.39. The van der Waals surface area contributed by atoms with Gasteiger partial charge in [0.1, 0.15) is 5.75 Å². The largest absolute Gasteiger partial charge is 0.496 e. The Morgan fingerprint density at radius 1 is 1.35 bits per heavy atom. The zero-order chi connectivity index (χ0) is 14.7. The molecule has 0 saturated carbocycles. The Bertz CT molecular complexity index is 447. The average molecular weight is 279 g/mol. The molecule has 1 heterocycles. The highest BCUT2D eigenvalue weighted by Gasteiger charge is 2.28. The first kappa shape index (κ1) is 15.1. The molecule has 1 aliphatic heterocycles. The van der Waals surface area contributed by atoms with Gasteiger partial charge in [0.15, 0.2) is 0 Å². The molecule has 4 nitrogen and oxygen atoms in total. The highest BCUT2D eigenvalue weighted by atomic mass is 16.5. The minimum atomic E-state index is -0.554. The van der Waals surface area contributed by atoms with E-state index in [0.717, 1.165) is 36.5 Å². The van der Waals surface area contributed by atoms with Crippen molar-refractivity contribution >= 4 is 5.69 Å². The van der Waals surface area contributed by atoms with E-state index in [1.165, 1.54) is 0 Å². The fourth-order valence-corrected chi connectivity index (χ4v) is 2.97. The van der Waals surface area contributed by atoms with Crippen molar-refractivity contribution in [3.8, 4) is 5.75 Å². The first-order valence-corrected chi connectivity index (χ1v) is 7.21. The molecule has 0 amide bonds. The first-order valence-electron chi connectivity index (χ1n) is 7.21. The zero-order valence-electron chi connectivity index (χ0n) is 12.8. The molecule has 0 bridgehead atoms. The Morgan fingerprint density at radius 3 is 2.70 bits per heavy atom. The summed E-state index contributed by atoms with van der Waals surface area (Å²) in [7, 11) is 3.41. The molecular weight excluding hydrogens is 254 g/mol. The third-order valence-corrected chi connectivity index (χ3v) is 4.21. The molecule has 1 aromatic carbocycles. The van der Waals surface area contributed by atoms with Gasteiger partial charge in [0.25, 0.3) is 0 Å². The number of aliphatic hydroxyl groups is 1. The molecule has 2 rings (SSSR count). The normalized spacial score (nSPS) is 24.6. The Balaban J connectivity index is 2.32. The molecule has 4 heteroatoms. The molecule has 0 aromatic heterocycles. The summed E-state index contributed by atoms with van der Waals surface area (Å²) < 4.78 is 11.0. The number of hydrogen-bond acceptors (Lipinski definition) is 4. The van der Waals surface area contributed by atoms with E-state index in [1.54, 1.807) is 21.1 Å². The maximum atomic E-state index is 10.1. The monoisotopic (exact) mass is 279 g/mol. The van der Waals surface area contributed by atoms with Crippen LogP contribution in [0, 0.1) is 5.92 Å². The van der Waals surface area contributed by atoms with Crippen LogP contribution in [0.25, 0.3) is 0 Å². The van der Waals surface area contributed by atoms with Gasteiger partial charge in [0, 0.05) is 31.5 Å². The number of rotatable bonds is 4. The zero-order valence-corrected chi connectivity index (χ0v) is 12.8. The highest BCUT2D eigenvalue weighted by Crippen LogP contribution is 2.36. The van der Waals surface area contributed by atoms with Crippen molar-refractivity contribution < 1.29 is 14.6 Å². The van der Waals surface area contributed by atoms with Crippen LogP contribution in [0.3, 0.4) is 0 Å². The molecule has 1 saturated heterocycles. The Morgan fingerprint density at radius 2 is 2.10 bits per heavy atom. The quantitative estimate of drug-likeness (QED) is 0.920. The van der Waals surface area contributed by atoms with E-state index in [1.807, 2.05) is 18.2 Å². The SMILES string of the molecule is COc1cccc(N2CCC(C)C(OC)C2)c1[C@@H](C)O. The van der Waals surface area contributed by atoms with Gasteiger partial charge in [-0.3, -0.25) is 0 Å². The van der Waals surface area contributed by atoms with Gasteiger partial charge in [0.05, 0.1) is 19.3 Å². The van der Waals surface area contributed by atoms with Crippen LogP contribution in [-0.2, 0) is 4.74 Å². The molecule has 1 aromatic rings. The van der Waals surface area contributed by atoms with Gasteiger partial charge in [-0.05, 0) is 31.4 Å². The minimum Gasteiger partial charge on any atom is -0.496 e. The van der Waals surface area contributed by atoms with Crippen LogP contribution in [-0.4, -0.2) is 38.5 Å². The van der Waals surface area contributed by atoms with Gasteiger partial charge < -0.3 is 19.5 Å². The standard InChI is InChI=1S/C16H25NO3/c1-11-8-9-17(10-15(11)20-4)13-6-5-7-14(19-3)16(13)12(2)18/h5-7,11-12,15,18H,8-10H2,1-4H3/t11?,12-,15?/m1/s1. The molecule has 20 heavy (non-hydrogen) atoms. The summed E-state index contributed by atoms with van der Waals surface area (Å²) in [5.74, 6) is 1.31. The van der Waals surface area contributed by atoms with Crippen LogP contribution in [0.4, 0.5) is 5.69 Å². The van der Waals surface area contributed by atoms with E-state index < -0.39 is 6.10 Å². The second-order valence-corrected chi connectivity index (χ2v) is 5.56. The van der Waals surface area contributed by atoms with Gasteiger partial charge in [-0.25, -0.2) is 0 Å². The molecule has 1 N–H and O–H groups in total. The smallest absolute Gasteiger partial charge is 0.126 e. The number of nitrogens with zero attached hydrogens (tertiary/aromatic N) is 1. The summed E-state index contributed by atoms with van der Waals surface area (Å²) in [6.07, 6.45) is 0.771. The Labute approximate surface area is 121 Å². The number of ether oxygens (including phenoxy) is 2. The van der Waals surface area contributed by atoms with Gasteiger partial charge in [-0.2, -0.15) is 0 Å².